The summed E-state index contributed by atoms with van der Waals surface area (Å²) in [5, 5.41) is 54.5. The molecule has 0 bridgehead atoms. The highest BCUT2D eigenvalue weighted by molar-refractivity contribution is 7.84. The lowest BCUT2D eigenvalue weighted by Crippen LogP contribution is -2.73. The first kappa shape index (κ1) is 37.2. The SMILES string of the molecule is CC(C)C(O/N=C(\C(=O)N[C@@H]1C(=O)N(S(=O)(=O)O)[C@@H]1Cn1cc(COCc2cc(=O)c(O)cn2O)nn1)c1csc(N)n1)c1cc(=O)c(O)cn1O. The number of oxime groups is 1. The number of aromatic hydroxyl groups is 2. The highest BCUT2D eigenvalue weighted by Gasteiger charge is 2.54. The number of nitrogens with zero attached hydrogens (tertiary/aromatic N) is 8. The van der Waals surface area contributed by atoms with E-state index in [0.717, 1.165) is 40.5 Å². The van der Waals surface area contributed by atoms with E-state index < -0.39 is 80.8 Å². The van der Waals surface area contributed by atoms with Crippen molar-refractivity contribution in [3.05, 3.63) is 79.3 Å². The van der Waals surface area contributed by atoms with Crippen molar-refractivity contribution in [3.8, 4) is 11.5 Å². The maximum Gasteiger partial charge on any atom is 0.362 e. The van der Waals surface area contributed by atoms with Crippen LogP contribution in [0.4, 0.5) is 5.13 Å². The van der Waals surface area contributed by atoms with Crippen molar-refractivity contribution in [2.75, 3.05) is 5.73 Å². The molecule has 0 spiro atoms. The number of amides is 2. The van der Waals surface area contributed by atoms with Crippen LogP contribution < -0.4 is 21.9 Å². The van der Waals surface area contributed by atoms with Crippen LogP contribution in [0.25, 0.3) is 0 Å². The van der Waals surface area contributed by atoms with Gasteiger partial charge in [0, 0.05) is 17.5 Å². The average molecular weight is 767 g/mol. The van der Waals surface area contributed by atoms with Gasteiger partial charge >= 0.3 is 10.3 Å². The number of nitrogens with one attached hydrogen (secondary N) is 1. The maximum atomic E-state index is 13.6. The summed E-state index contributed by atoms with van der Waals surface area (Å²) in [5.74, 6) is -4.20. The van der Waals surface area contributed by atoms with Crippen LogP contribution in [0.2, 0.25) is 0 Å². The maximum absolute atomic E-state index is 13.6. The first-order valence-electron chi connectivity index (χ1n) is 14.8. The summed E-state index contributed by atoms with van der Waals surface area (Å²) in [6, 6.07) is -1.15. The zero-order valence-corrected chi connectivity index (χ0v) is 28.5. The Morgan fingerprint density at radius 1 is 1.08 bits per heavy atom. The van der Waals surface area contributed by atoms with Gasteiger partial charge in [-0.25, -0.2) is 14.0 Å². The van der Waals surface area contributed by atoms with Crippen LogP contribution in [0.5, 0.6) is 11.5 Å². The second-order valence-electron chi connectivity index (χ2n) is 11.5. The normalized spacial score (nSPS) is 16.9. The van der Waals surface area contributed by atoms with E-state index in [-0.39, 0.29) is 45.4 Å². The number of rotatable bonds is 14. The van der Waals surface area contributed by atoms with Gasteiger partial charge < -0.3 is 41.3 Å². The Morgan fingerprint density at radius 3 is 2.38 bits per heavy atom. The zero-order chi connectivity index (χ0) is 38.1. The van der Waals surface area contributed by atoms with Gasteiger partial charge in [-0.1, -0.05) is 24.2 Å². The van der Waals surface area contributed by atoms with Crippen LogP contribution in [0.15, 0.2) is 50.8 Å². The summed E-state index contributed by atoms with van der Waals surface area (Å²) in [7, 11) is -5.12. The second kappa shape index (κ2) is 14.7. The van der Waals surface area contributed by atoms with Crippen LogP contribution in [-0.2, 0) is 49.2 Å². The van der Waals surface area contributed by atoms with E-state index >= 15 is 0 Å². The number of carbonyl (C=O) groups excluding carboxylic acids is 2. The predicted octanol–water partition coefficient (Wildman–Crippen LogP) is -1.44. The van der Waals surface area contributed by atoms with E-state index in [1.54, 1.807) is 13.8 Å². The Labute approximate surface area is 295 Å². The molecule has 8 N–H and O–H groups in total. The number of ether oxygens (including phenoxy) is 1. The topological polar surface area (TPSA) is 329 Å². The van der Waals surface area contributed by atoms with Gasteiger partial charge in [-0.3, -0.25) is 23.7 Å². The molecule has 1 saturated heterocycles. The first-order valence-corrected chi connectivity index (χ1v) is 17.0. The van der Waals surface area contributed by atoms with E-state index in [2.05, 4.69) is 25.8 Å². The molecular weight excluding hydrogens is 736 g/mol. The number of thiazole rings is 1. The third-order valence-electron chi connectivity index (χ3n) is 7.43. The molecule has 0 aliphatic carbocycles. The summed E-state index contributed by atoms with van der Waals surface area (Å²) in [6.45, 7) is 2.36. The molecule has 0 radical (unpaired) electrons. The molecule has 0 aromatic carbocycles. The molecule has 23 nitrogen and oxygen atoms in total. The molecule has 1 aliphatic heterocycles. The minimum atomic E-state index is -5.12. The lowest BCUT2D eigenvalue weighted by Gasteiger charge is -2.43. The molecule has 0 saturated carbocycles. The number of anilines is 1. The minimum absolute atomic E-state index is 0.00732. The van der Waals surface area contributed by atoms with Gasteiger partial charge in [0.2, 0.25) is 10.9 Å². The molecule has 5 rings (SSSR count). The van der Waals surface area contributed by atoms with Crippen molar-refractivity contribution in [1.29, 1.82) is 0 Å². The summed E-state index contributed by atoms with van der Waals surface area (Å²) in [6.07, 6.45) is 1.67. The Kier molecular flexibility index (Phi) is 10.5. The molecule has 1 aliphatic rings. The Hall–Kier alpha value is -6.05. The van der Waals surface area contributed by atoms with E-state index in [1.807, 2.05) is 0 Å². The smallest absolute Gasteiger partial charge is 0.362 e. The molecule has 278 valence electrons. The molecule has 4 aromatic heterocycles. The molecular formula is C27H30N10O13S2. The number of carbonyl (C=O) groups is 2. The van der Waals surface area contributed by atoms with Gasteiger partial charge in [0.05, 0.1) is 50.1 Å². The van der Waals surface area contributed by atoms with Gasteiger partial charge in [-0.2, -0.15) is 17.9 Å². The standard InChI is InChI=1S/C27H30N10O13S2/c1-12(2)24(16-4-19(39)21(41)8-36(16)45)50-32-22(15-11-51-27(28)29-15)25(42)30-23-17(37(26(23)43)52(46,47)48)6-34-5-13(31-33-34)9-49-10-14-3-18(38)20(40)7-35(14)44/h3-5,7-8,11-12,17,23-24,40-41,44-45H,6,9-10H2,1-2H3,(H2,28,29)(H,30,42)(H,46,47,48)/b32-22-/t17-,23+,24?/m1/s1. The number of nitrogens with two attached hydrogens (primary N) is 1. The lowest BCUT2D eigenvalue weighted by atomic mass is 9.98. The van der Waals surface area contributed by atoms with Gasteiger partial charge in [-0.15, -0.1) is 16.4 Å². The summed E-state index contributed by atoms with van der Waals surface area (Å²) in [4.78, 5) is 59.9. The second-order valence-corrected chi connectivity index (χ2v) is 13.7. The van der Waals surface area contributed by atoms with Gasteiger partial charge in [0.25, 0.3) is 11.8 Å². The molecule has 25 heteroatoms. The minimum Gasteiger partial charge on any atom is -0.503 e. The third-order valence-corrected chi connectivity index (χ3v) is 9.05. The molecule has 2 amide bonds. The van der Waals surface area contributed by atoms with Crippen molar-refractivity contribution in [2.24, 2.45) is 11.1 Å². The number of hydrogen-bond acceptors (Lipinski definition) is 18. The van der Waals surface area contributed by atoms with Crippen molar-refractivity contribution in [2.45, 2.75) is 51.8 Å². The monoisotopic (exact) mass is 766 g/mol. The van der Waals surface area contributed by atoms with Crippen molar-refractivity contribution < 1.29 is 52.8 Å². The predicted molar refractivity (Wildman–Crippen MR) is 173 cm³/mol. The zero-order valence-electron chi connectivity index (χ0n) is 26.9. The van der Waals surface area contributed by atoms with Gasteiger partial charge in [-0.05, 0) is 5.92 Å². The van der Waals surface area contributed by atoms with Crippen LogP contribution in [-0.4, -0.2) is 97.0 Å². The number of hydrogen-bond donors (Lipinski definition) is 7. The summed E-state index contributed by atoms with van der Waals surface area (Å²) < 4.78 is 41.6. The van der Waals surface area contributed by atoms with E-state index in [0.29, 0.717) is 9.46 Å². The Morgan fingerprint density at radius 2 is 1.75 bits per heavy atom. The summed E-state index contributed by atoms with van der Waals surface area (Å²) >= 11 is 0.930. The van der Waals surface area contributed by atoms with E-state index in [9.17, 15) is 52.8 Å². The number of nitrogen functional groups attached to an aromatic ring is 1. The summed E-state index contributed by atoms with van der Waals surface area (Å²) in [5.41, 5.74) is 3.57. The van der Waals surface area contributed by atoms with Crippen LogP contribution in [0.1, 0.15) is 42.7 Å². The van der Waals surface area contributed by atoms with Crippen molar-refractivity contribution >= 4 is 44.3 Å². The fourth-order valence-electron chi connectivity index (χ4n) is 4.93. The lowest BCUT2D eigenvalue weighted by molar-refractivity contribution is -0.145. The number of β-lactam (4-membered cyclic amide) rings is 1. The van der Waals surface area contributed by atoms with Crippen molar-refractivity contribution in [3.63, 3.8) is 0 Å². The Balaban J connectivity index is 1.34. The van der Waals surface area contributed by atoms with Crippen molar-refractivity contribution in [1.82, 2.24) is 39.1 Å². The average Bonchev–Trinajstić information content (AvgIpc) is 3.70. The molecule has 1 unspecified atom stereocenters. The largest absolute Gasteiger partial charge is 0.503 e. The van der Waals surface area contributed by atoms with E-state index in [1.165, 1.54) is 11.6 Å². The van der Waals surface area contributed by atoms with Gasteiger partial charge in [0.15, 0.2) is 28.4 Å². The molecule has 4 aromatic rings. The van der Waals surface area contributed by atoms with Crippen LogP contribution in [0.3, 0.4) is 0 Å². The highest BCUT2D eigenvalue weighted by atomic mass is 32.2. The van der Waals surface area contributed by atoms with Crippen LogP contribution >= 0.6 is 11.3 Å². The highest BCUT2D eigenvalue weighted by Crippen LogP contribution is 2.28. The first-order chi connectivity index (χ1) is 24.4. The third kappa shape index (κ3) is 7.96. The molecule has 3 atom stereocenters. The fraction of sp³-hybridized carbons (Fsp3) is 0.333. The number of pyridine rings is 2. The van der Waals surface area contributed by atoms with Gasteiger partial charge in [0.1, 0.15) is 23.1 Å². The number of aromatic nitrogens is 6. The van der Waals surface area contributed by atoms with E-state index in [4.69, 9.17) is 15.3 Å². The van der Waals surface area contributed by atoms with Crippen LogP contribution in [0, 0.1) is 5.92 Å². The molecule has 5 heterocycles. The fourth-order valence-corrected chi connectivity index (χ4v) is 6.35. The Bertz CT molecular complexity index is 2260. The molecule has 52 heavy (non-hydrogen) atoms. The molecule has 1 fully saturated rings. The quantitative estimate of drug-likeness (QED) is 0.0254.